The summed E-state index contributed by atoms with van der Waals surface area (Å²) in [5.74, 6) is -1.18. The molecule has 0 bridgehead atoms. The number of imide groups is 1. The highest BCUT2D eigenvalue weighted by Gasteiger charge is 2.56. The van der Waals surface area contributed by atoms with Crippen LogP contribution >= 0.6 is 11.3 Å². The fourth-order valence-electron chi connectivity index (χ4n) is 4.48. The molecular formula is C19H24N2O5S. The summed E-state index contributed by atoms with van der Waals surface area (Å²) >= 11 is 1.26. The van der Waals surface area contributed by atoms with Crippen LogP contribution in [-0.4, -0.2) is 47.3 Å². The Bertz CT molecular complexity index is 773. The molecule has 2 atom stereocenters. The molecule has 1 saturated heterocycles. The average Bonchev–Trinajstić information content (AvgIpc) is 3.15. The zero-order valence-electron chi connectivity index (χ0n) is 15.7. The van der Waals surface area contributed by atoms with Crippen molar-refractivity contribution in [3.63, 3.8) is 0 Å². The van der Waals surface area contributed by atoms with Gasteiger partial charge >= 0.3 is 12.0 Å². The van der Waals surface area contributed by atoms with Crippen molar-refractivity contribution in [2.45, 2.75) is 45.6 Å². The second-order valence-electron chi connectivity index (χ2n) is 8.32. The second-order valence-corrected chi connectivity index (χ2v) is 9.27. The van der Waals surface area contributed by atoms with E-state index in [4.69, 9.17) is 4.74 Å². The Morgan fingerprint density at radius 1 is 1.33 bits per heavy atom. The van der Waals surface area contributed by atoms with Crippen LogP contribution in [0.15, 0.2) is 17.5 Å². The molecule has 8 heteroatoms. The summed E-state index contributed by atoms with van der Waals surface area (Å²) in [5.41, 5.74) is -1.03. The average molecular weight is 392 g/mol. The lowest BCUT2D eigenvalue weighted by atomic mass is 9.64. The van der Waals surface area contributed by atoms with Crippen LogP contribution in [-0.2, 0) is 14.3 Å². The second kappa shape index (κ2) is 7.07. The van der Waals surface area contributed by atoms with Gasteiger partial charge in [-0.3, -0.25) is 19.3 Å². The number of rotatable bonds is 5. The number of carbonyl (C=O) groups excluding carboxylic acids is 4. The SMILES string of the molecule is C[C@H]1CC(C)(C)C[C@@]2(C1)NC(=O)N(CC(=O)OCC(=O)c1cccs1)C2=O. The van der Waals surface area contributed by atoms with Crippen LogP contribution in [0.5, 0.6) is 0 Å². The van der Waals surface area contributed by atoms with Gasteiger partial charge in [-0.15, -0.1) is 11.3 Å². The third-order valence-corrected chi connectivity index (χ3v) is 5.98. The van der Waals surface area contributed by atoms with Gasteiger partial charge in [0.2, 0.25) is 5.78 Å². The van der Waals surface area contributed by atoms with E-state index in [2.05, 4.69) is 26.1 Å². The summed E-state index contributed by atoms with van der Waals surface area (Å²) in [5, 5.41) is 4.57. The first-order valence-corrected chi connectivity index (χ1v) is 9.86. The largest absolute Gasteiger partial charge is 0.456 e. The maximum absolute atomic E-state index is 13.0. The van der Waals surface area contributed by atoms with E-state index in [1.54, 1.807) is 17.5 Å². The zero-order valence-corrected chi connectivity index (χ0v) is 16.6. The van der Waals surface area contributed by atoms with E-state index >= 15 is 0 Å². The molecule has 2 heterocycles. The molecule has 1 aromatic heterocycles. The summed E-state index contributed by atoms with van der Waals surface area (Å²) in [7, 11) is 0. The van der Waals surface area contributed by atoms with Gasteiger partial charge in [0.1, 0.15) is 12.1 Å². The van der Waals surface area contributed by atoms with Crippen LogP contribution in [0, 0.1) is 11.3 Å². The van der Waals surface area contributed by atoms with Crippen molar-refractivity contribution in [1.29, 1.82) is 0 Å². The van der Waals surface area contributed by atoms with Gasteiger partial charge in [0.05, 0.1) is 4.88 Å². The minimum absolute atomic E-state index is 0.0791. The number of carbonyl (C=O) groups is 4. The molecule has 1 aliphatic carbocycles. The fraction of sp³-hybridized carbons (Fsp3) is 0.579. The van der Waals surface area contributed by atoms with Crippen LogP contribution in [0.4, 0.5) is 4.79 Å². The predicted octanol–water partition coefficient (Wildman–Crippen LogP) is 2.61. The van der Waals surface area contributed by atoms with Gasteiger partial charge < -0.3 is 10.1 Å². The Hall–Kier alpha value is -2.22. The topological polar surface area (TPSA) is 92.8 Å². The molecule has 7 nitrogen and oxygen atoms in total. The summed E-state index contributed by atoms with van der Waals surface area (Å²) in [6.45, 7) is 5.33. The van der Waals surface area contributed by atoms with E-state index in [0.29, 0.717) is 17.7 Å². The fourth-order valence-corrected chi connectivity index (χ4v) is 5.13. The molecule has 1 spiro atoms. The monoisotopic (exact) mass is 392 g/mol. The first-order chi connectivity index (χ1) is 12.6. The molecule has 27 heavy (non-hydrogen) atoms. The van der Waals surface area contributed by atoms with Gasteiger partial charge in [0.15, 0.2) is 6.61 Å². The number of urea groups is 1. The number of hydrogen-bond donors (Lipinski definition) is 1. The first-order valence-electron chi connectivity index (χ1n) is 8.98. The normalized spacial score (nSPS) is 26.9. The molecule has 1 aliphatic heterocycles. The third-order valence-electron chi connectivity index (χ3n) is 5.07. The molecule has 146 valence electrons. The smallest absolute Gasteiger partial charge is 0.326 e. The van der Waals surface area contributed by atoms with Gasteiger partial charge in [-0.1, -0.05) is 26.8 Å². The summed E-state index contributed by atoms with van der Waals surface area (Å²) < 4.78 is 4.97. The molecule has 3 rings (SSSR count). The quantitative estimate of drug-likeness (QED) is 0.472. The van der Waals surface area contributed by atoms with Gasteiger partial charge in [-0.05, 0) is 42.0 Å². The van der Waals surface area contributed by atoms with Crippen molar-refractivity contribution in [1.82, 2.24) is 10.2 Å². The Morgan fingerprint density at radius 3 is 2.70 bits per heavy atom. The first kappa shape index (κ1) is 19.5. The molecule has 0 unspecified atom stereocenters. The van der Waals surface area contributed by atoms with Crippen LogP contribution in [0.2, 0.25) is 0 Å². The molecule has 0 radical (unpaired) electrons. The molecule has 3 amide bonds. The highest BCUT2D eigenvalue weighted by atomic mass is 32.1. The number of amides is 3. The lowest BCUT2D eigenvalue weighted by Crippen LogP contribution is -2.54. The van der Waals surface area contributed by atoms with Crippen molar-refractivity contribution in [3.05, 3.63) is 22.4 Å². The van der Waals surface area contributed by atoms with Crippen molar-refractivity contribution >= 4 is 35.0 Å². The molecule has 2 fully saturated rings. The Morgan fingerprint density at radius 2 is 2.07 bits per heavy atom. The number of ketones is 1. The van der Waals surface area contributed by atoms with Crippen molar-refractivity contribution in [2.24, 2.45) is 11.3 Å². The number of thiophene rings is 1. The predicted molar refractivity (Wildman–Crippen MR) is 99.4 cm³/mol. The molecule has 1 aromatic rings. The molecular weight excluding hydrogens is 368 g/mol. The van der Waals surface area contributed by atoms with Crippen LogP contribution in [0.3, 0.4) is 0 Å². The zero-order chi connectivity index (χ0) is 19.8. The number of hydrogen-bond acceptors (Lipinski definition) is 6. The number of esters is 1. The van der Waals surface area contributed by atoms with E-state index in [-0.39, 0.29) is 23.0 Å². The number of nitrogens with one attached hydrogen (secondary N) is 1. The minimum atomic E-state index is -0.953. The third kappa shape index (κ3) is 4.05. The Kier molecular flexibility index (Phi) is 5.12. The highest BCUT2D eigenvalue weighted by molar-refractivity contribution is 7.12. The Labute approximate surface area is 162 Å². The van der Waals surface area contributed by atoms with E-state index in [9.17, 15) is 19.2 Å². The summed E-state index contributed by atoms with van der Waals surface area (Å²) in [4.78, 5) is 50.7. The highest BCUT2D eigenvalue weighted by Crippen LogP contribution is 2.46. The van der Waals surface area contributed by atoms with Gasteiger partial charge in [0.25, 0.3) is 5.91 Å². The number of ether oxygens (including phenoxy) is 1. The minimum Gasteiger partial charge on any atom is -0.456 e. The Balaban J connectivity index is 1.62. The lowest BCUT2D eigenvalue weighted by molar-refractivity contribution is -0.147. The molecule has 2 aliphatic rings. The lowest BCUT2D eigenvalue weighted by Gasteiger charge is -2.43. The summed E-state index contributed by atoms with van der Waals surface area (Å²) in [6, 6.07) is 2.80. The van der Waals surface area contributed by atoms with E-state index < -0.39 is 30.7 Å². The van der Waals surface area contributed by atoms with Crippen LogP contribution in [0.25, 0.3) is 0 Å². The summed E-state index contributed by atoms with van der Waals surface area (Å²) in [6.07, 6.45) is 2.07. The van der Waals surface area contributed by atoms with Crippen LogP contribution < -0.4 is 5.32 Å². The standard InChI is InChI=1S/C19H24N2O5S/c1-12-7-18(2,3)11-19(8-12)16(24)21(17(25)20-19)9-15(23)26-10-13(22)14-5-4-6-27-14/h4-6,12H,7-11H2,1-3H3,(H,20,25)/t12-,19+/m0/s1. The maximum Gasteiger partial charge on any atom is 0.326 e. The van der Waals surface area contributed by atoms with Crippen molar-refractivity contribution in [2.75, 3.05) is 13.2 Å². The van der Waals surface area contributed by atoms with E-state index in [0.717, 1.165) is 11.3 Å². The van der Waals surface area contributed by atoms with Crippen molar-refractivity contribution < 1.29 is 23.9 Å². The van der Waals surface area contributed by atoms with Gasteiger partial charge in [-0.2, -0.15) is 0 Å². The van der Waals surface area contributed by atoms with E-state index in [1.165, 1.54) is 11.3 Å². The van der Waals surface area contributed by atoms with Gasteiger partial charge in [-0.25, -0.2) is 4.79 Å². The number of Topliss-reactive ketones (excluding diaryl/α,β-unsaturated/α-hetero) is 1. The molecule has 1 saturated carbocycles. The maximum atomic E-state index is 13.0. The van der Waals surface area contributed by atoms with Crippen molar-refractivity contribution in [3.8, 4) is 0 Å². The number of nitrogens with zero attached hydrogens (tertiary/aromatic N) is 1. The van der Waals surface area contributed by atoms with E-state index in [1.807, 2.05) is 0 Å². The van der Waals surface area contributed by atoms with Crippen LogP contribution in [0.1, 0.15) is 49.7 Å². The molecule has 0 aromatic carbocycles. The molecule has 1 N–H and O–H groups in total. The van der Waals surface area contributed by atoms with Gasteiger partial charge in [0, 0.05) is 0 Å².